The first-order valence-electron chi connectivity index (χ1n) is 6.74. The first-order valence-corrected chi connectivity index (χ1v) is 7.73. The highest BCUT2D eigenvalue weighted by Crippen LogP contribution is 2.38. The van der Waals surface area contributed by atoms with Crippen molar-refractivity contribution in [3.8, 4) is 0 Å². The van der Waals surface area contributed by atoms with Crippen molar-refractivity contribution in [3.63, 3.8) is 0 Å². The molecule has 2 nitrogen and oxygen atoms in total. The Morgan fingerprint density at radius 1 is 0.944 bits per heavy atom. The van der Waals surface area contributed by atoms with Crippen LogP contribution in [0.5, 0.6) is 0 Å². The molecule has 2 rings (SSSR count). The summed E-state index contributed by atoms with van der Waals surface area (Å²) >= 11 is 1.94. The van der Waals surface area contributed by atoms with Crippen LogP contribution in [0.4, 0.5) is 0 Å². The lowest BCUT2D eigenvalue weighted by molar-refractivity contribution is 0.495. The normalized spacial score (nSPS) is 16.6. The average Bonchev–Trinajstić information content (AvgIpc) is 2.25. The average molecular weight is 264 g/mol. The van der Waals surface area contributed by atoms with Crippen LogP contribution in [0.3, 0.4) is 0 Å². The Labute approximate surface area is 115 Å². The predicted molar refractivity (Wildman–Crippen MR) is 78.5 cm³/mol. The Balaban J connectivity index is 2.63. The molecule has 100 valence electrons. The molecular weight excluding hydrogens is 240 g/mol. The summed E-state index contributed by atoms with van der Waals surface area (Å²) in [7, 11) is 0. The van der Waals surface area contributed by atoms with Crippen molar-refractivity contribution in [2.24, 2.45) is 0 Å². The summed E-state index contributed by atoms with van der Waals surface area (Å²) in [5, 5.41) is 0. The van der Waals surface area contributed by atoms with Crippen molar-refractivity contribution in [2.45, 2.75) is 70.1 Å². The highest BCUT2D eigenvalue weighted by molar-refractivity contribution is 7.99. The Bertz CT molecular complexity index is 453. The molecule has 0 fully saturated rings. The zero-order chi connectivity index (χ0) is 13.6. The molecular formula is C15H24N2S. The van der Waals surface area contributed by atoms with Gasteiger partial charge in [0.05, 0.1) is 16.3 Å². The highest BCUT2D eigenvalue weighted by atomic mass is 32.2. The van der Waals surface area contributed by atoms with E-state index in [1.54, 1.807) is 0 Å². The van der Waals surface area contributed by atoms with Crippen LogP contribution >= 0.6 is 11.8 Å². The Kier molecular flexibility index (Phi) is 3.48. The van der Waals surface area contributed by atoms with Gasteiger partial charge in [-0.3, -0.25) is 0 Å². The monoisotopic (exact) mass is 264 g/mol. The van der Waals surface area contributed by atoms with Crippen molar-refractivity contribution in [2.75, 3.05) is 5.75 Å². The molecule has 0 saturated heterocycles. The fourth-order valence-electron chi connectivity index (χ4n) is 2.08. The lowest BCUT2D eigenvalue weighted by Gasteiger charge is -2.28. The van der Waals surface area contributed by atoms with Crippen LogP contribution in [-0.2, 0) is 17.3 Å². The second-order valence-electron chi connectivity index (χ2n) is 7.12. The number of nitrogens with zero attached hydrogens (tertiary/aromatic N) is 2. The molecule has 0 atom stereocenters. The number of aromatic nitrogens is 2. The minimum Gasteiger partial charge on any atom is -0.236 e. The molecule has 0 aromatic carbocycles. The topological polar surface area (TPSA) is 25.8 Å². The molecule has 0 unspecified atom stereocenters. The molecule has 0 radical (unpaired) electrons. The molecule has 0 bridgehead atoms. The van der Waals surface area contributed by atoms with E-state index in [2.05, 4.69) is 41.5 Å². The molecule has 1 aliphatic rings. The van der Waals surface area contributed by atoms with Crippen molar-refractivity contribution in [3.05, 3.63) is 17.2 Å². The highest BCUT2D eigenvalue weighted by Gasteiger charge is 2.29. The molecule has 1 aromatic rings. The van der Waals surface area contributed by atoms with Gasteiger partial charge in [0, 0.05) is 10.8 Å². The fraction of sp³-hybridized carbons (Fsp3) is 0.733. The van der Waals surface area contributed by atoms with Gasteiger partial charge < -0.3 is 0 Å². The zero-order valence-corrected chi connectivity index (χ0v) is 13.2. The predicted octanol–water partition coefficient (Wildman–Crippen LogP) is 4.11. The maximum absolute atomic E-state index is 4.90. The van der Waals surface area contributed by atoms with Crippen LogP contribution in [-0.4, -0.2) is 15.7 Å². The van der Waals surface area contributed by atoms with Gasteiger partial charge in [0.25, 0.3) is 0 Å². The molecule has 0 aliphatic carbocycles. The minimum atomic E-state index is 0.0249. The van der Waals surface area contributed by atoms with E-state index in [1.807, 2.05) is 11.8 Å². The minimum absolute atomic E-state index is 0.0249. The van der Waals surface area contributed by atoms with E-state index in [0.29, 0.717) is 0 Å². The van der Waals surface area contributed by atoms with Gasteiger partial charge in [-0.2, -0.15) is 0 Å². The van der Waals surface area contributed by atoms with Crippen molar-refractivity contribution in [1.29, 1.82) is 0 Å². The largest absolute Gasteiger partial charge is 0.236 e. The van der Waals surface area contributed by atoms with Crippen molar-refractivity contribution in [1.82, 2.24) is 9.97 Å². The number of hydrogen-bond acceptors (Lipinski definition) is 3. The van der Waals surface area contributed by atoms with Gasteiger partial charge in [-0.1, -0.05) is 41.5 Å². The van der Waals surface area contributed by atoms with Crippen LogP contribution in [0.15, 0.2) is 4.90 Å². The fourth-order valence-corrected chi connectivity index (χ4v) is 3.37. The molecule has 3 heteroatoms. The van der Waals surface area contributed by atoms with Crippen molar-refractivity contribution >= 4 is 11.8 Å². The standard InChI is InChI=1S/C15H24N2S/c1-14(2,3)12-11-10(8-7-9-18-11)16-13(17-12)15(4,5)6/h7-9H2,1-6H3. The molecule has 18 heavy (non-hydrogen) atoms. The third-order valence-corrected chi connectivity index (χ3v) is 4.33. The molecule has 2 heterocycles. The SMILES string of the molecule is CC(C)(C)c1nc2c(c(C(C)(C)C)n1)SCCC2. The van der Waals surface area contributed by atoms with Gasteiger partial charge >= 0.3 is 0 Å². The number of hydrogen-bond donors (Lipinski definition) is 0. The van der Waals surface area contributed by atoms with Gasteiger partial charge in [0.1, 0.15) is 5.82 Å². The van der Waals surface area contributed by atoms with Gasteiger partial charge in [0.15, 0.2) is 0 Å². The smallest absolute Gasteiger partial charge is 0.134 e. The molecule has 0 amide bonds. The van der Waals surface area contributed by atoms with Gasteiger partial charge in [-0.25, -0.2) is 9.97 Å². The lowest BCUT2D eigenvalue weighted by Crippen LogP contribution is -2.25. The number of fused-ring (bicyclic) bond motifs is 1. The summed E-state index contributed by atoms with van der Waals surface area (Å²) in [6.07, 6.45) is 2.35. The molecule has 0 N–H and O–H groups in total. The molecule has 0 spiro atoms. The summed E-state index contributed by atoms with van der Waals surface area (Å²) in [5.74, 6) is 2.20. The van der Waals surface area contributed by atoms with E-state index in [4.69, 9.17) is 9.97 Å². The second kappa shape index (κ2) is 4.52. The Morgan fingerprint density at radius 2 is 1.61 bits per heavy atom. The first kappa shape index (κ1) is 13.9. The summed E-state index contributed by atoms with van der Waals surface area (Å²) in [6.45, 7) is 13.3. The van der Waals surface area contributed by atoms with E-state index < -0.39 is 0 Å². The van der Waals surface area contributed by atoms with Crippen molar-refractivity contribution < 1.29 is 0 Å². The van der Waals surface area contributed by atoms with E-state index in [1.165, 1.54) is 28.5 Å². The van der Waals surface area contributed by atoms with Crippen LogP contribution in [0, 0.1) is 0 Å². The third-order valence-electron chi connectivity index (χ3n) is 3.12. The molecule has 1 aromatic heterocycles. The maximum Gasteiger partial charge on any atom is 0.134 e. The van der Waals surface area contributed by atoms with Crippen LogP contribution in [0.25, 0.3) is 0 Å². The Hall–Kier alpha value is -0.570. The third kappa shape index (κ3) is 2.71. The van der Waals surface area contributed by atoms with Gasteiger partial charge in [-0.05, 0) is 18.6 Å². The second-order valence-corrected chi connectivity index (χ2v) is 8.23. The summed E-state index contributed by atoms with van der Waals surface area (Å²) in [4.78, 5) is 11.1. The summed E-state index contributed by atoms with van der Waals surface area (Å²) in [6, 6.07) is 0. The first-order chi connectivity index (χ1) is 8.19. The lowest BCUT2D eigenvalue weighted by atomic mass is 9.89. The number of rotatable bonds is 0. The molecule has 1 aliphatic heterocycles. The zero-order valence-electron chi connectivity index (χ0n) is 12.4. The number of thioether (sulfide) groups is 1. The van der Waals surface area contributed by atoms with Crippen LogP contribution < -0.4 is 0 Å². The van der Waals surface area contributed by atoms with Crippen LogP contribution in [0.1, 0.15) is 65.2 Å². The number of aryl methyl sites for hydroxylation is 1. The summed E-state index contributed by atoms with van der Waals surface area (Å²) in [5.41, 5.74) is 2.63. The molecule has 0 saturated carbocycles. The van der Waals surface area contributed by atoms with Crippen LogP contribution in [0.2, 0.25) is 0 Å². The van der Waals surface area contributed by atoms with Gasteiger partial charge in [0.2, 0.25) is 0 Å². The quantitative estimate of drug-likeness (QED) is 0.705. The maximum atomic E-state index is 4.90. The summed E-state index contributed by atoms with van der Waals surface area (Å²) < 4.78 is 0. The Morgan fingerprint density at radius 3 is 2.17 bits per heavy atom. The van der Waals surface area contributed by atoms with E-state index in [0.717, 1.165) is 12.2 Å². The van der Waals surface area contributed by atoms with E-state index >= 15 is 0 Å². The van der Waals surface area contributed by atoms with Gasteiger partial charge in [-0.15, -0.1) is 11.8 Å². The van der Waals surface area contributed by atoms with E-state index in [9.17, 15) is 0 Å². The van der Waals surface area contributed by atoms with E-state index in [-0.39, 0.29) is 10.8 Å².